The molecule has 8 aromatic carbocycles. The monoisotopic (exact) mass is 652 g/mol. The van der Waals surface area contributed by atoms with Crippen molar-refractivity contribution in [2.75, 3.05) is 4.90 Å². The SMILES string of the molecule is c1ccc(-c2cc(-c3ccccc3)cc(N(c3ccccc3)c3ccc(-c4cccc5c4-n4c6ccccc6c6cccc(c64)O5)cc3)c2)cc1. The fraction of sp³-hybridized carbons (Fsp3) is 0. The van der Waals surface area contributed by atoms with Gasteiger partial charge in [0.05, 0.1) is 16.7 Å². The van der Waals surface area contributed by atoms with Crippen LogP contribution in [0.25, 0.3) is 60.9 Å². The van der Waals surface area contributed by atoms with Gasteiger partial charge in [0.25, 0.3) is 0 Å². The Kier molecular flexibility index (Phi) is 6.81. The maximum Gasteiger partial charge on any atom is 0.152 e. The van der Waals surface area contributed by atoms with Gasteiger partial charge in [-0.05, 0) is 88.5 Å². The second-order valence-electron chi connectivity index (χ2n) is 13.0. The molecule has 0 fully saturated rings. The van der Waals surface area contributed by atoms with Crippen LogP contribution in [0.15, 0.2) is 194 Å². The van der Waals surface area contributed by atoms with Crippen molar-refractivity contribution in [3.8, 4) is 50.6 Å². The van der Waals surface area contributed by atoms with E-state index in [0.29, 0.717) is 0 Å². The van der Waals surface area contributed by atoms with Gasteiger partial charge in [0, 0.05) is 33.4 Å². The van der Waals surface area contributed by atoms with E-state index < -0.39 is 0 Å². The first-order chi connectivity index (χ1) is 25.3. The van der Waals surface area contributed by atoms with E-state index in [2.05, 4.69) is 204 Å². The lowest BCUT2D eigenvalue weighted by Crippen LogP contribution is -2.10. The van der Waals surface area contributed by atoms with Crippen LogP contribution in [0.5, 0.6) is 11.5 Å². The summed E-state index contributed by atoms with van der Waals surface area (Å²) in [5.74, 6) is 1.74. The van der Waals surface area contributed by atoms with Crippen LogP contribution in [0.4, 0.5) is 17.1 Å². The molecule has 0 unspecified atom stereocenters. The van der Waals surface area contributed by atoms with Crippen molar-refractivity contribution in [1.82, 2.24) is 4.57 Å². The van der Waals surface area contributed by atoms with E-state index in [0.717, 1.165) is 50.9 Å². The highest BCUT2D eigenvalue weighted by molar-refractivity contribution is 6.12. The summed E-state index contributed by atoms with van der Waals surface area (Å²) in [5.41, 5.74) is 13.6. The largest absolute Gasteiger partial charge is 0.453 e. The summed E-state index contributed by atoms with van der Waals surface area (Å²) < 4.78 is 8.97. The summed E-state index contributed by atoms with van der Waals surface area (Å²) in [4.78, 5) is 2.35. The van der Waals surface area contributed by atoms with Crippen LogP contribution in [0.2, 0.25) is 0 Å². The molecule has 1 aliphatic heterocycles. The van der Waals surface area contributed by atoms with Gasteiger partial charge in [0.1, 0.15) is 0 Å². The number of fused-ring (bicyclic) bond motifs is 5. The van der Waals surface area contributed by atoms with Crippen molar-refractivity contribution in [2.24, 2.45) is 0 Å². The minimum absolute atomic E-state index is 0.856. The highest BCUT2D eigenvalue weighted by atomic mass is 16.5. The molecule has 0 bridgehead atoms. The molecule has 0 aliphatic carbocycles. The van der Waals surface area contributed by atoms with E-state index in [1.54, 1.807) is 0 Å². The lowest BCUT2D eigenvalue weighted by atomic mass is 9.97. The molecule has 1 aliphatic rings. The zero-order chi connectivity index (χ0) is 33.7. The Labute approximate surface area is 296 Å². The average Bonchev–Trinajstić information content (AvgIpc) is 3.55. The van der Waals surface area contributed by atoms with E-state index in [4.69, 9.17) is 4.74 Å². The number of nitrogens with zero attached hydrogens (tertiary/aromatic N) is 2. The van der Waals surface area contributed by atoms with E-state index in [1.165, 1.54) is 38.5 Å². The van der Waals surface area contributed by atoms with Gasteiger partial charge in [-0.1, -0.05) is 133 Å². The summed E-state index contributed by atoms with van der Waals surface area (Å²) in [6.07, 6.45) is 0. The topological polar surface area (TPSA) is 17.4 Å². The Bertz CT molecular complexity index is 2640. The first kappa shape index (κ1) is 29.1. The van der Waals surface area contributed by atoms with Gasteiger partial charge in [0.2, 0.25) is 0 Å². The zero-order valence-corrected chi connectivity index (χ0v) is 27.8. The number of hydrogen-bond acceptors (Lipinski definition) is 2. The second kappa shape index (κ2) is 11.9. The summed E-state index contributed by atoms with van der Waals surface area (Å²) in [7, 11) is 0. The number of ether oxygens (including phenoxy) is 1. The Hall–Kier alpha value is -6.84. The molecule has 1 aromatic heterocycles. The van der Waals surface area contributed by atoms with Crippen LogP contribution in [0.1, 0.15) is 0 Å². The molecule has 3 nitrogen and oxygen atoms in total. The second-order valence-corrected chi connectivity index (χ2v) is 13.0. The van der Waals surface area contributed by atoms with E-state index in [1.807, 2.05) is 0 Å². The molecular weight excluding hydrogens is 621 g/mol. The first-order valence-corrected chi connectivity index (χ1v) is 17.4. The number of benzene rings is 8. The molecule has 9 aromatic rings. The predicted molar refractivity (Wildman–Crippen MR) is 212 cm³/mol. The summed E-state index contributed by atoms with van der Waals surface area (Å²) in [6.45, 7) is 0. The third-order valence-electron chi connectivity index (χ3n) is 9.94. The highest BCUT2D eigenvalue weighted by Gasteiger charge is 2.26. The van der Waals surface area contributed by atoms with Gasteiger partial charge >= 0.3 is 0 Å². The molecule has 51 heavy (non-hydrogen) atoms. The molecule has 0 radical (unpaired) electrons. The number of anilines is 3. The van der Waals surface area contributed by atoms with Gasteiger partial charge in [-0.2, -0.15) is 0 Å². The minimum Gasteiger partial charge on any atom is -0.453 e. The van der Waals surface area contributed by atoms with Crippen molar-refractivity contribution < 1.29 is 4.74 Å². The lowest BCUT2D eigenvalue weighted by molar-refractivity contribution is 0.477. The third kappa shape index (κ3) is 4.90. The lowest BCUT2D eigenvalue weighted by Gasteiger charge is -2.27. The summed E-state index contributed by atoms with van der Waals surface area (Å²) in [6, 6.07) is 69.1. The maximum atomic E-state index is 6.59. The van der Waals surface area contributed by atoms with E-state index in [-0.39, 0.29) is 0 Å². The maximum absolute atomic E-state index is 6.59. The highest BCUT2D eigenvalue weighted by Crippen LogP contribution is 2.49. The van der Waals surface area contributed by atoms with Crippen molar-refractivity contribution in [3.05, 3.63) is 194 Å². The van der Waals surface area contributed by atoms with Crippen LogP contribution >= 0.6 is 0 Å². The molecule has 0 amide bonds. The van der Waals surface area contributed by atoms with Gasteiger partial charge in [-0.25, -0.2) is 0 Å². The van der Waals surface area contributed by atoms with Crippen molar-refractivity contribution >= 4 is 38.9 Å². The normalized spacial score (nSPS) is 11.7. The molecule has 0 spiro atoms. The minimum atomic E-state index is 0.856. The molecule has 0 saturated carbocycles. The van der Waals surface area contributed by atoms with Gasteiger partial charge in [-0.3, -0.25) is 0 Å². The van der Waals surface area contributed by atoms with Crippen molar-refractivity contribution in [1.29, 1.82) is 0 Å². The molecule has 3 heteroatoms. The fourth-order valence-electron chi connectivity index (χ4n) is 7.64. The number of hydrogen-bond donors (Lipinski definition) is 0. The molecular formula is C48H32N2O. The number of rotatable bonds is 6. The molecule has 0 saturated heterocycles. The van der Waals surface area contributed by atoms with Gasteiger partial charge < -0.3 is 14.2 Å². The van der Waals surface area contributed by atoms with Crippen LogP contribution in [-0.2, 0) is 0 Å². The zero-order valence-electron chi connectivity index (χ0n) is 27.8. The number of aromatic nitrogens is 1. The molecule has 2 heterocycles. The molecule has 10 rings (SSSR count). The molecule has 0 atom stereocenters. The average molecular weight is 653 g/mol. The molecule has 240 valence electrons. The van der Waals surface area contributed by atoms with Crippen LogP contribution in [0.3, 0.4) is 0 Å². The predicted octanol–water partition coefficient (Wildman–Crippen LogP) is 13.4. The van der Waals surface area contributed by atoms with Crippen LogP contribution in [0, 0.1) is 0 Å². The number of para-hydroxylation sites is 4. The Balaban J connectivity index is 1.13. The molecule has 0 N–H and O–H groups in total. The standard InChI is InChI=1S/C48H32N2O/c1-4-14-33(15-5-1)36-30-37(34-16-6-2-7-17-34)32-40(31-36)49(38-18-8-3-9-19-38)39-28-26-35(27-29-39)41-21-12-24-45-47(41)50-44-23-11-10-20-42(44)43-22-13-25-46(51-45)48(43)50/h1-32H. The van der Waals surface area contributed by atoms with E-state index in [9.17, 15) is 0 Å². The Morgan fingerprint density at radius 3 is 1.65 bits per heavy atom. The Morgan fingerprint density at radius 1 is 0.373 bits per heavy atom. The third-order valence-corrected chi connectivity index (χ3v) is 9.94. The van der Waals surface area contributed by atoms with Gasteiger partial charge in [0.15, 0.2) is 11.5 Å². The first-order valence-electron chi connectivity index (χ1n) is 17.4. The summed E-state index contributed by atoms with van der Waals surface area (Å²) >= 11 is 0. The van der Waals surface area contributed by atoms with E-state index >= 15 is 0 Å². The van der Waals surface area contributed by atoms with Crippen LogP contribution < -0.4 is 9.64 Å². The smallest absolute Gasteiger partial charge is 0.152 e. The quantitative estimate of drug-likeness (QED) is 0.178. The van der Waals surface area contributed by atoms with Crippen molar-refractivity contribution in [2.45, 2.75) is 0 Å². The fourth-order valence-corrected chi connectivity index (χ4v) is 7.64. The summed E-state index contributed by atoms with van der Waals surface area (Å²) in [5, 5.41) is 2.42. The van der Waals surface area contributed by atoms with Crippen LogP contribution in [-0.4, -0.2) is 4.57 Å². The Morgan fingerprint density at radius 2 is 0.941 bits per heavy atom. The van der Waals surface area contributed by atoms with Crippen molar-refractivity contribution in [3.63, 3.8) is 0 Å². The van der Waals surface area contributed by atoms with Gasteiger partial charge in [-0.15, -0.1) is 0 Å².